The monoisotopic (exact) mass is 431 g/mol. The van der Waals surface area contributed by atoms with Gasteiger partial charge in [0, 0.05) is 45.0 Å². The highest BCUT2D eigenvalue weighted by Gasteiger charge is 2.15. The number of pyridine rings is 1. The number of amides is 1. The SMILES string of the molecule is CN=C(NCCCNC(=O)OC(C)(C)C)NCc1ccc(Oc2cccc(F)c2)nc1. The fourth-order valence-electron chi connectivity index (χ4n) is 2.43. The van der Waals surface area contributed by atoms with Crippen LogP contribution < -0.4 is 20.7 Å². The lowest BCUT2D eigenvalue weighted by Gasteiger charge is -2.19. The van der Waals surface area contributed by atoms with Gasteiger partial charge in [0.15, 0.2) is 5.96 Å². The summed E-state index contributed by atoms with van der Waals surface area (Å²) in [6.07, 6.45) is 1.97. The summed E-state index contributed by atoms with van der Waals surface area (Å²) in [7, 11) is 1.68. The number of nitrogens with zero attached hydrogens (tertiary/aromatic N) is 2. The highest BCUT2D eigenvalue weighted by atomic mass is 19.1. The van der Waals surface area contributed by atoms with Gasteiger partial charge in [0.2, 0.25) is 5.88 Å². The molecule has 1 amide bonds. The van der Waals surface area contributed by atoms with Crippen LogP contribution in [-0.2, 0) is 11.3 Å². The third-order valence-corrected chi connectivity index (χ3v) is 3.81. The number of benzene rings is 1. The van der Waals surface area contributed by atoms with E-state index in [1.807, 2.05) is 26.8 Å². The molecule has 8 nitrogen and oxygen atoms in total. The zero-order valence-corrected chi connectivity index (χ0v) is 18.4. The molecule has 31 heavy (non-hydrogen) atoms. The Bertz CT molecular complexity index is 866. The predicted molar refractivity (Wildman–Crippen MR) is 118 cm³/mol. The van der Waals surface area contributed by atoms with Gasteiger partial charge < -0.3 is 25.4 Å². The van der Waals surface area contributed by atoms with Crippen molar-refractivity contribution >= 4 is 12.1 Å². The summed E-state index contributed by atoms with van der Waals surface area (Å²) in [5.74, 6) is 1.05. The maximum Gasteiger partial charge on any atom is 0.407 e. The van der Waals surface area contributed by atoms with Crippen molar-refractivity contribution in [2.45, 2.75) is 39.3 Å². The molecule has 1 heterocycles. The molecule has 0 radical (unpaired) electrons. The van der Waals surface area contributed by atoms with Crippen molar-refractivity contribution < 1.29 is 18.7 Å². The third-order valence-electron chi connectivity index (χ3n) is 3.81. The first kappa shape index (κ1) is 23.9. The van der Waals surface area contributed by atoms with Gasteiger partial charge in [0.05, 0.1) is 0 Å². The number of carbonyl (C=O) groups excluding carboxylic acids is 1. The normalized spacial score (nSPS) is 11.6. The molecule has 168 valence electrons. The number of aromatic nitrogens is 1. The minimum absolute atomic E-state index is 0.363. The highest BCUT2D eigenvalue weighted by Crippen LogP contribution is 2.19. The zero-order chi connectivity index (χ0) is 22.7. The summed E-state index contributed by atoms with van der Waals surface area (Å²) in [5.41, 5.74) is 0.425. The predicted octanol–water partition coefficient (Wildman–Crippen LogP) is 3.59. The average molecular weight is 432 g/mol. The van der Waals surface area contributed by atoms with Gasteiger partial charge in [-0.25, -0.2) is 14.2 Å². The maximum absolute atomic E-state index is 13.2. The maximum atomic E-state index is 13.2. The Hall–Kier alpha value is -3.36. The minimum Gasteiger partial charge on any atom is -0.444 e. The van der Waals surface area contributed by atoms with Crippen LogP contribution in [0.5, 0.6) is 11.6 Å². The van der Waals surface area contributed by atoms with Gasteiger partial charge >= 0.3 is 6.09 Å². The van der Waals surface area contributed by atoms with E-state index in [2.05, 4.69) is 25.9 Å². The van der Waals surface area contributed by atoms with Crippen LogP contribution in [0, 0.1) is 5.82 Å². The van der Waals surface area contributed by atoms with Crippen molar-refractivity contribution in [2.75, 3.05) is 20.1 Å². The van der Waals surface area contributed by atoms with Crippen molar-refractivity contribution in [1.29, 1.82) is 0 Å². The van der Waals surface area contributed by atoms with Crippen molar-refractivity contribution in [2.24, 2.45) is 4.99 Å². The lowest BCUT2D eigenvalue weighted by atomic mass is 10.2. The van der Waals surface area contributed by atoms with Gasteiger partial charge in [-0.1, -0.05) is 12.1 Å². The largest absolute Gasteiger partial charge is 0.444 e. The van der Waals surface area contributed by atoms with Gasteiger partial charge in [-0.3, -0.25) is 4.99 Å². The van der Waals surface area contributed by atoms with Crippen LogP contribution >= 0.6 is 0 Å². The second kappa shape index (κ2) is 11.7. The standard InChI is InChI=1S/C22H30FN5O3/c1-22(2,3)31-21(29)26-12-6-11-25-20(24-4)28-15-16-9-10-19(27-14-16)30-18-8-5-7-17(23)13-18/h5,7-10,13-14H,6,11-12,15H2,1-4H3,(H,26,29)(H2,24,25,28). The molecule has 1 aromatic carbocycles. The number of carbonyl (C=O) groups is 1. The molecule has 9 heteroatoms. The first-order chi connectivity index (χ1) is 14.7. The van der Waals surface area contributed by atoms with E-state index in [1.165, 1.54) is 12.1 Å². The van der Waals surface area contributed by atoms with Crippen LogP contribution in [0.1, 0.15) is 32.8 Å². The van der Waals surface area contributed by atoms with E-state index in [-0.39, 0.29) is 5.82 Å². The summed E-state index contributed by atoms with van der Waals surface area (Å²) in [4.78, 5) is 20.0. The first-order valence-corrected chi connectivity index (χ1v) is 10.0. The second-order valence-corrected chi connectivity index (χ2v) is 7.70. The van der Waals surface area contributed by atoms with Crippen LogP contribution in [0.25, 0.3) is 0 Å². The Morgan fingerprint density at radius 1 is 1.13 bits per heavy atom. The Kier molecular flexibility index (Phi) is 9.05. The fourth-order valence-corrected chi connectivity index (χ4v) is 2.43. The smallest absolute Gasteiger partial charge is 0.407 e. The van der Waals surface area contributed by atoms with Crippen molar-refractivity contribution in [1.82, 2.24) is 20.9 Å². The number of hydrogen-bond acceptors (Lipinski definition) is 5. The van der Waals surface area contributed by atoms with Gasteiger partial charge in [0.25, 0.3) is 0 Å². The minimum atomic E-state index is -0.507. The van der Waals surface area contributed by atoms with Crippen LogP contribution in [-0.4, -0.2) is 42.8 Å². The van der Waals surface area contributed by atoms with E-state index in [4.69, 9.17) is 9.47 Å². The molecule has 0 unspecified atom stereocenters. The second-order valence-electron chi connectivity index (χ2n) is 7.70. The van der Waals surface area contributed by atoms with E-state index in [0.717, 1.165) is 5.56 Å². The highest BCUT2D eigenvalue weighted by molar-refractivity contribution is 5.79. The Morgan fingerprint density at radius 3 is 2.55 bits per heavy atom. The number of rotatable bonds is 8. The van der Waals surface area contributed by atoms with Crippen LogP contribution in [0.3, 0.4) is 0 Å². The van der Waals surface area contributed by atoms with Gasteiger partial charge in [0.1, 0.15) is 17.2 Å². The molecule has 0 bridgehead atoms. The fraction of sp³-hybridized carbons (Fsp3) is 0.409. The van der Waals surface area contributed by atoms with Crippen LogP contribution in [0.15, 0.2) is 47.6 Å². The van der Waals surface area contributed by atoms with Crippen LogP contribution in [0.4, 0.5) is 9.18 Å². The summed E-state index contributed by atoms with van der Waals surface area (Å²) in [6.45, 7) is 7.12. The summed E-state index contributed by atoms with van der Waals surface area (Å²) >= 11 is 0. The molecule has 0 saturated carbocycles. The quantitative estimate of drug-likeness (QED) is 0.336. The number of hydrogen-bond donors (Lipinski definition) is 3. The average Bonchev–Trinajstić information content (AvgIpc) is 2.70. The molecule has 0 aliphatic rings. The molecule has 0 saturated heterocycles. The number of guanidine groups is 1. The number of nitrogens with one attached hydrogen (secondary N) is 3. The summed E-state index contributed by atoms with van der Waals surface area (Å²) < 4.78 is 23.9. The van der Waals surface area contributed by atoms with E-state index in [0.29, 0.717) is 43.6 Å². The number of halogens is 1. The molecule has 1 aromatic heterocycles. The number of ether oxygens (including phenoxy) is 2. The molecule has 2 aromatic rings. The van der Waals surface area contributed by atoms with Gasteiger partial charge in [-0.2, -0.15) is 0 Å². The van der Waals surface area contributed by atoms with Gasteiger partial charge in [-0.05, 0) is 44.9 Å². The van der Waals surface area contributed by atoms with Crippen molar-refractivity contribution in [3.63, 3.8) is 0 Å². The molecule has 0 aliphatic carbocycles. The molecule has 3 N–H and O–H groups in total. The molecule has 0 fully saturated rings. The lowest BCUT2D eigenvalue weighted by Crippen LogP contribution is -2.39. The molecular weight excluding hydrogens is 401 g/mol. The number of alkyl carbamates (subject to hydrolysis) is 1. The van der Waals surface area contributed by atoms with Crippen molar-refractivity contribution in [3.8, 4) is 11.6 Å². The lowest BCUT2D eigenvalue weighted by molar-refractivity contribution is 0.0527. The van der Waals surface area contributed by atoms with E-state index in [1.54, 1.807) is 31.4 Å². The molecule has 0 aliphatic heterocycles. The Balaban J connectivity index is 1.68. The van der Waals surface area contributed by atoms with Crippen LogP contribution in [0.2, 0.25) is 0 Å². The number of aliphatic imine (C=N–C) groups is 1. The molecule has 2 rings (SSSR count). The van der Waals surface area contributed by atoms with Gasteiger partial charge in [-0.15, -0.1) is 0 Å². The first-order valence-electron chi connectivity index (χ1n) is 10.0. The van der Waals surface area contributed by atoms with E-state index >= 15 is 0 Å². The molecule has 0 atom stereocenters. The molecular formula is C22H30FN5O3. The summed E-state index contributed by atoms with van der Waals surface area (Å²) in [6, 6.07) is 9.49. The van der Waals surface area contributed by atoms with E-state index in [9.17, 15) is 9.18 Å². The van der Waals surface area contributed by atoms with Crippen molar-refractivity contribution in [3.05, 3.63) is 54.0 Å². The summed E-state index contributed by atoms with van der Waals surface area (Å²) in [5, 5.41) is 9.08. The molecule has 0 spiro atoms. The zero-order valence-electron chi connectivity index (χ0n) is 18.4. The Labute approximate surface area is 182 Å². The third kappa shape index (κ3) is 9.79. The van der Waals surface area contributed by atoms with E-state index < -0.39 is 11.7 Å². The Morgan fingerprint density at radius 2 is 1.90 bits per heavy atom. The topological polar surface area (TPSA) is 96.9 Å².